The monoisotopic (exact) mass is 345 g/mol. The summed E-state index contributed by atoms with van der Waals surface area (Å²) >= 11 is 0. The summed E-state index contributed by atoms with van der Waals surface area (Å²) in [6.07, 6.45) is 4.42. The number of ether oxygens (including phenoxy) is 1. The Morgan fingerprint density at radius 1 is 1.24 bits per heavy atom. The van der Waals surface area contributed by atoms with E-state index in [9.17, 15) is 14.4 Å². The fraction of sp³-hybridized carbons (Fsp3) is 0.389. The molecule has 1 aromatic carbocycles. The topological polar surface area (TPSA) is 96.5 Å². The highest BCUT2D eigenvalue weighted by Crippen LogP contribution is 2.15. The van der Waals surface area contributed by atoms with Gasteiger partial charge in [-0.25, -0.2) is 4.79 Å². The molecule has 0 spiro atoms. The summed E-state index contributed by atoms with van der Waals surface area (Å²) in [4.78, 5) is 36.0. The molecule has 0 aromatic heterocycles. The Kier molecular flexibility index (Phi) is 7.00. The number of para-hydroxylation sites is 1. The molecule has 3 amide bonds. The lowest BCUT2D eigenvalue weighted by Gasteiger charge is -2.22. The van der Waals surface area contributed by atoms with Gasteiger partial charge in [-0.15, -0.1) is 6.42 Å². The van der Waals surface area contributed by atoms with E-state index in [1.54, 1.807) is 45.0 Å². The van der Waals surface area contributed by atoms with Crippen molar-refractivity contribution in [3.05, 3.63) is 29.8 Å². The van der Waals surface area contributed by atoms with Crippen molar-refractivity contribution in [3.63, 3.8) is 0 Å². The zero-order chi connectivity index (χ0) is 19.0. The molecular weight excluding hydrogens is 322 g/mol. The van der Waals surface area contributed by atoms with Crippen LogP contribution in [0, 0.1) is 12.3 Å². The lowest BCUT2D eigenvalue weighted by molar-refractivity contribution is -0.117. The van der Waals surface area contributed by atoms with Gasteiger partial charge in [0.1, 0.15) is 11.6 Å². The number of anilines is 1. The highest BCUT2D eigenvalue weighted by atomic mass is 16.6. The molecule has 0 saturated carbocycles. The summed E-state index contributed by atoms with van der Waals surface area (Å²) in [5.74, 6) is 1.42. The SMILES string of the molecule is C#CCNC(=O)c1ccccc1NC(=O)[C@H](C)NC(=O)OC(C)(C)C. The summed E-state index contributed by atoms with van der Waals surface area (Å²) in [5.41, 5.74) is -0.0717. The molecule has 0 bridgehead atoms. The van der Waals surface area contributed by atoms with Crippen LogP contribution in [0.4, 0.5) is 10.5 Å². The molecule has 0 fully saturated rings. The first-order valence-corrected chi connectivity index (χ1v) is 7.75. The molecule has 0 saturated heterocycles. The van der Waals surface area contributed by atoms with Gasteiger partial charge in [0.15, 0.2) is 0 Å². The van der Waals surface area contributed by atoms with Crippen LogP contribution in [-0.2, 0) is 9.53 Å². The first-order chi connectivity index (χ1) is 11.6. The van der Waals surface area contributed by atoms with Crippen molar-refractivity contribution in [3.8, 4) is 12.3 Å². The highest BCUT2D eigenvalue weighted by Gasteiger charge is 2.22. The summed E-state index contributed by atoms with van der Waals surface area (Å²) in [6, 6.07) is 5.65. The highest BCUT2D eigenvalue weighted by molar-refractivity contribution is 6.05. The molecule has 1 aromatic rings. The zero-order valence-corrected chi connectivity index (χ0v) is 14.8. The van der Waals surface area contributed by atoms with Crippen molar-refractivity contribution in [2.24, 2.45) is 0 Å². The Bertz CT molecular complexity index is 686. The molecule has 1 atom stereocenters. The number of nitrogens with one attached hydrogen (secondary N) is 3. The maximum Gasteiger partial charge on any atom is 0.408 e. The van der Waals surface area contributed by atoms with Gasteiger partial charge in [-0.05, 0) is 39.8 Å². The number of hydrogen-bond donors (Lipinski definition) is 3. The van der Waals surface area contributed by atoms with Crippen LogP contribution >= 0.6 is 0 Å². The van der Waals surface area contributed by atoms with Crippen molar-refractivity contribution in [2.75, 3.05) is 11.9 Å². The number of terminal acetylenes is 1. The molecule has 25 heavy (non-hydrogen) atoms. The molecule has 0 radical (unpaired) electrons. The van der Waals surface area contributed by atoms with E-state index in [-0.39, 0.29) is 12.1 Å². The van der Waals surface area contributed by atoms with E-state index >= 15 is 0 Å². The molecule has 0 unspecified atom stereocenters. The van der Waals surface area contributed by atoms with Crippen LogP contribution in [0.5, 0.6) is 0 Å². The average molecular weight is 345 g/mol. The van der Waals surface area contributed by atoms with E-state index in [2.05, 4.69) is 21.9 Å². The average Bonchev–Trinajstić information content (AvgIpc) is 2.51. The van der Waals surface area contributed by atoms with E-state index in [0.29, 0.717) is 5.69 Å². The van der Waals surface area contributed by atoms with Crippen molar-refractivity contribution in [2.45, 2.75) is 39.3 Å². The quantitative estimate of drug-likeness (QED) is 0.710. The van der Waals surface area contributed by atoms with Gasteiger partial charge in [0.2, 0.25) is 5.91 Å². The zero-order valence-electron chi connectivity index (χ0n) is 14.8. The molecule has 0 heterocycles. The normalized spacial score (nSPS) is 11.6. The van der Waals surface area contributed by atoms with Crippen molar-refractivity contribution in [1.82, 2.24) is 10.6 Å². The third-order valence-corrected chi connectivity index (χ3v) is 2.91. The number of rotatable bonds is 5. The van der Waals surface area contributed by atoms with Crippen LogP contribution in [0.2, 0.25) is 0 Å². The Labute approximate surface area is 147 Å². The maximum atomic E-state index is 12.3. The lowest BCUT2D eigenvalue weighted by atomic mass is 10.1. The van der Waals surface area contributed by atoms with E-state index in [0.717, 1.165) is 0 Å². The van der Waals surface area contributed by atoms with Crippen LogP contribution in [0.15, 0.2) is 24.3 Å². The fourth-order valence-electron chi connectivity index (χ4n) is 1.81. The number of amides is 3. The summed E-state index contributed by atoms with van der Waals surface area (Å²) in [6.45, 7) is 6.77. The third kappa shape index (κ3) is 6.96. The van der Waals surface area contributed by atoms with Crippen molar-refractivity contribution >= 4 is 23.6 Å². The third-order valence-electron chi connectivity index (χ3n) is 2.91. The molecule has 3 N–H and O–H groups in total. The Balaban J connectivity index is 2.75. The predicted molar refractivity (Wildman–Crippen MR) is 95.1 cm³/mol. The van der Waals surface area contributed by atoms with Crippen molar-refractivity contribution < 1.29 is 19.1 Å². The van der Waals surface area contributed by atoms with Crippen LogP contribution in [0.1, 0.15) is 38.1 Å². The largest absolute Gasteiger partial charge is 0.444 e. The minimum atomic E-state index is -0.850. The number of alkyl carbamates (subject to hydrolysis) is 1. The Hall–Kier alpha value is -3.01. The van der Waals surface area contributed by atoms with Crippen LogP contribution < -0.4 is 16.0 Å². The second-order valence-corrected chi connectivity index (χ2v) is 6.29. The van der Waals surface area contributed by atoms with Gasteiger partial charge in [-0.2, -0.15) is 0 Å². The molecule has 0 aliphatic heterocycles. The van der Waals surface area contributed by atoms with E-state index in [1.165, 1.54) is 6.92 Å². The summed E-state index contributed by atoms with van der Waals surface area (Å²) in [5, 5.41) is 7.59. The van der Waals surface area contributed by atoms with E-state index in [1.807, 2.05) is 0 Å². The summed E-state index contributed by atoms with van der Waals surface area (Å²) in [7, 11) is 0. The van der Waals surface area contributed by atoms with E-state index < -0.39 is 29.6 Å². The Morgan fingerprint density at radius 2 is 1.88 bits per heavy atom. The molecule has 134 valence electrons. The maximum absolute atomic E-state index is 12.3. The van der Waals surface area contributed by atoms with Gasteiger partial charge < -0.3 is 20.7 Å². The smallest absolute Gasteiger partial charge is 0.408 e. The van der Waals surface area contributed by atoms with Gasteiger partial charge >= 0.3 is 6.09 Å². The Morgan fingerprint density at radius 3 is 2.48 bits per heavy atom. The van der Waals surface area contributed by atoms with E-state index in [4.69, 9.17) is 11.2 Å². The van der Waals surface area contributed by atoms with Gasteiger partial charge in [0, 0.05) is 0 Å². The number of hydrogen-bond acceptors (Lipinski definition) is 4. The molecular formula is C18H23N3O4. The van der Waals surface area contributed by atoms with Crippen molar-refractivity contribution in [1.29, 1.82) is 0 Å². The van der Waals surface area contributed by atoms with Gasteiger partial charge in [0.05, 0.1) is 17.8 Å². The first-order valence-electron chi connectivity index (χ1n) is 7.75. The van der Waals surface area contributed by atoms with Crippen LogP contribution in [0.25, 0.3) is 0 Å². The number of benzene rings is 1. The minimum absolute atomic E-state index is 0.0811. The molecule has 7 nitrogen and oxygen atoms in total. The van der Waals surface area contributed by atoms with Crippen LogP contribution in [0.3, 0.4) is 0 Å². The fourth-order valence-corrected chi connectivity index (χ4v) is 1.81. The van der Waals surface area contributed by atoms with Gasteiger partial charge in [-0.1, -0.05) is 18.1 Å². The molecule has 0 aliphatic rings. The number of carbonyl (C=O) groups is 3. The van der Waals surface area contributed by atoms with Gasteiger partial charge in [-0.3, -0.25) is 9.59 Å². The molecule has 0 aliphatic carbocycles. The van der Waals surface area contributed by atoms with Gasteiger partial charge in [0.25, 0.3) is 5.91 Å². The molecule has 7 heteroatoms. The first kappa shape index (κ1) is 20.0. The summed E-state index contributed by atoms with van der Waals surface area (Å²) < 4.78 is 5.10. The second-order valence-electron chi connectivity index (χ2n) is 6.29. The number of carbonyl (C=O) groups excluding carboxylic acids is 3. The van der Waals surface area contributed by atoms with Crippen LogP contribution in [-0.4, -0.2) is 36.1 Å². The minimum Gasteiger partial charge on any atom is -0.444 e. The standard InChI is InChI=1S/C18H23N3O4/c1-6-11-19-16(23)13-9-7-8-10-14(13)21-15(22)12(2)20-17(24)25-18(3,4)5/h1,7-10,12H,11H2,2-5H3,(H,19,23)(H,20,24)(H,21,22)/t12-/m0/s1. The predicted octanol–water partition coefficient (Wildman–Crippen LogP) is 1.90. The lowest BCUT2D eigenvalue weighted by Crippen LogP contribution is -2.44. The second kappa shape index (κ2) is 8.73. The molecule has 1 rings (SSSR count).